The van der Waals surface area contributed by atoms with Crippen molar-refractivity contribution in [1.29, 1.82) is 0 Å². The highest BCUT2D eigenvalue weighted by Gasteiger charge is 2.25. The van der Waals surface area contributed by atoms with Crippen LogP contribution in [0.1, 0.15) is 25.4 Å². The van der Waals surface area contributed by atoms with E-state index in [1.807, 2.05) is 20.9 Å². The van der Waals surface area contributed by atoms with Gasteiger partial charge in [0.15, 0.2) is 5.82 Å². The van der Waals surface area contributed by atoms with E-state index in [2.05, 4.69) is 31.2 Å². The van der Waals surface area contributed by atoms with E-state index < -0.39 is 5.60 Å². The van der Waals surface area contributed by atoms with Crippen molar-refractivity contribution in [3.05, 3.63) is 16.0 Å². The molecule has 1 aromatic rings. The molecule has 0 aliphatic carbocycles. The molecular formula is C11H18BrN3O2. The zero-order valence-corrected chi connectivity index (χ0v) is 12.4. The van der Waals surface area contributed by atoms with Crippen LogP contribution in [0.15, 0.2) is 4.47 Å². The van der Waals surface area contributed by atoms with E-state index >= 15 is 0 Å². The fourth-order valence-electron chi connectivity index (χ4n) is 1.25. The van der Waals surface area contributed by atoms with E-state index in [9.17, 15) is 0 Å². The number of ether oxygens (including phenoxy) is 2. The van der Waals surface area contributed by atoms with Crippen LogP contribution in [-0.4, -0.2) is 31.2 Å². The van der Waals surface area contributed by atoms with Crippen molar-refractivity contribution in [3.63, 3.8) is 0 Å². The van der Waals surface area contributed by atoms with Gasteiger partial charge >= 0.3 is 0 Å². The number of hydrogen-bond acceptors (Lipinski definition) is 5. The van der Waals surface area contributed by atoms with Gasteiger partial charge in [0.2, 0.25) is 0 Å². The van der Waals surface area contributed by atoms with Crippen molar-refractivity contribution in [2.45, 2.75) is 26.1 Å². The number of nitrogens with zero attached hydrogens (tertiary/aromatic N) is 2. The standard InChI is InChI=1S/C11H18BrN3O2/c1-11(2,17-5)10-14-7(6-16-4)8(12)9(13-3)15-10/h6H2,1-5H3,(H,13,14,15). The molecule has 0 aliphatic heterocycles. The van der Waals surface area contributed by atoms with Crippen molar-refractivity contribution in [3.8, 4) is 0 Å². The smallest absolute Gasteiger partial charge is 0.162 e. The molecule has 0 atom stereocenters. The van der Waals surface area contributed by atoms with Crippen LogP contribution >= 0.6 is 15.9 Å². The zero-order valence-electron chi connectivity index (χ0n) is 10.8. The summed E-state index contributed by atoms with van der Waals surface area (Å²) in [5, 5.41) is 3.02. The molecule has 96 valence electrons. The normalized spacial score (nSPS) is 11.6. The second kappa shape index (κ2) is 5.75. The maximum Gasteiger partial charge on any atom is 0.162 e. The van der Waals surface area contributed by atoms with Crippen LogP contribution in [0.25, 0.3) is 0 Å². The number of rotatable bonds is 5. The summed E-state index contributed by atoms with van der Waals surface area (Å²) < 4.78 is 11.3. The third-order valence-electron chi connectivity index (χ3n) is 2.49. The summed E-state index contributed by atoms with van der Waals surface area (Å²) in [6, 6.07) is 0. The average molecular weight is 304 g/mol. The van der Waals surface area contributed by atoms with Gasteiger partial charge in [0.1, 0.15) is 11.4 Å². The van der Waals surface area contributed by atoms with Gasteiger partial charge in [-0.25, -0.2) is 9.97 Å². The second-order valence-electron chi connectivity index (χ2n) is 4.05. The highest BCUT2D eigenvalue weighted by Crippen LogP contribution is 2.28. The summed E-state index contributed by atoms with van der Waals surface area (Å²) in [5.41, 5.74) is 0.265. The monoisotopic (exact) mass is 303 g/mol. The molecular weight excluding hydrogens is 286 g/mol. The maximum absolute atomic E-state index is 5.39. The first-order valence-corrected chi connectivity index (χ1v) is 6.04. The topological polar surface area (TPSA) is 56.3 Å². The first-order valence-electron chi connectivity index (χ1n) is 5.25. The molecule has 0 aromatic carbocycles. The fraction of sp³-hybridized carbons (Fsp3) is 0.636. The lowest BCUT2D eigenvalue weighted by molar-refractivity contribution is 0.0111. The molecule has 0 fully saturated rings. The Morgan fingerprint density at radius 2 is 1.94 bits per heavy atom. The van der Waals surface area contributed by atoms with Crippen LogP contribution < -0.4 is 5.32 Å². The van der Waals surface area contributed by atoms with E-state index in [0.717, 1.165) is 16.0 Å². The van der Waals surface area contributed by atoms with E-state index in [-0.39, 0.29) is 0 Å². The van der Waals surface area contributed by atoms with Crippen LogP contribution in [0.2, 0.25) is 0 Å². The van der Waals surface area contributed by atoms with E-state index in [1.165, 1.54) is 0 Å². The molecule has 1 rings (SSSR count). The third-order valence-corrected chi connectivity index (χ3v) is 3.32. The molecule has 5 nitrogen and oxygen atoms in total. The fourth-order valence-corrected chi connectivity index (χ4v) is 1.74. The largest absolute Gasteiger partial charge is 0.378 e. The lowest BCUT2D eigenvalue weighted by Gasteiger charge is -2.23. The molecule has 0 aliphatic rings. The number of aromatic nitrogens is 2. The van der Waals surface area contributed by atoms with Gasteiger partial charge < -0.3 is 14.8 Å². The predicted octanol–water partition coefficient (Wildman–Crippen LogP) is 2.31. The Kier molecular flexibility index (Phi) is 4.85. The summed E-state index contributed by atoms with van der Waals surface area (Å²) in [7, 11) is 5.09. The van der Waals surface area contributed by atoms with Gasteiger partial charge in [-0.1, -0.05) is 0 Å². The van der Waals surface area contributed by atoms with E-state index in [1.54, 1.807) is 14.2 Å². The van der Waals surface area contributed by atoms with Gasteiger partial charge in [-0.2, -0.15) is 0 Å². The first kappa shape index (κ1) is 14.3. The number of halogens is 1. The van der Waals surface area contributed by atoms with Crippen molar-refractivity contribution in [2.24, 2.45) is 0 Å². The summed E-state index contributed by atoms with van der Waals surface area (Å²) >= 11 is 3.46. The quantitative estimate of drug-likeness (QED) is 0.904. The van der Waals surface area contributed by atoms with Crippen LogP contribution in [0.5, 0.6) is 0 Å². The van der Waals surface area contributed by atoms with Gasteiger partial charge in [0.05, 0.1) is 16.8 Å². The molecule has 17 heavy (non-hydrogen) atoms. The Morgan fingerprint density at radius 1 is 1.29 bits per heavy atom. The predicted molar refractivity (Wildman–Crippen MR) is 70.0 cm³/mol. The molecule has 1 heterocycles. The van der Waals surface area contributed by atoms with Gasteiger partial charge in [-0.15, -0.1) is 0 Å². The SMILES string of the molecule is CNc1nc(C(C)(C)OC)nc(COC)c1Br. The third kappa shape index (κ3) is 3.14. The highest BCUT2D eigenvalue weighted by atomic mass is 79.9. The molecule has 0 spiro atoms. The minimum Gasteiger partial charge on any atom is -0.378 e. The Hall–Kier alpha value is -0.720. The minimum atomic E-state index is -0.533. The molecule has 0 amide bonds. The van der Waals surface area contributed by atoms with Gasteiger partial charge in [-0.05, 0) is 29.8 Å². The van der Waals surface area contributed by atoms with Crippen LogP contribution in [0.3, 0.4) is 0 Å². The second-order valence-corrected chi connectivity index (χ2v) is 4.85. The minimum absolute atomic E-state index is 0.421. The van der Waals surface area contributed by atoms with Crippen molar-refractivity contribution >= 4 is 21.7 Å². The van der Waals surface area contributed by atoms with Crippen LogP contribution in [-0.2, 0) is 21.7 Å². The highest BCUT2D eigenvalue weighted by molar-refractivity contribution is 9.10. The van der Waals surface area contributed by atoms with E-state index in [0.29, 0.717) is 12.4 Å². The summed E-state index contributed by atoms with van der Waals surface area (Å²) in [4.78, 5) is 8.89. The summed E-state index contributed by atoms with van der Waals surface area (Å²) in [5.74, 6) is 1.35. The number of nitrogens with one attached hydrogen (secondary N) is 1. The van der Waals surface area contributed by atoms with Crippen molar-refractivity contribution < 1.29 is 9.47 Å². The Labute approximate surface area is 110 Å². The average Bonchev–Trinajstić information content (AvgIpc) is 2.31. The molecule has 0 radical (unpaired) electrons. The first-order chi connectivity index (χ1) is 7.96. The number of methoxy groups -OCH3 is 2. The lowest BCUT2D eigenvalue weighted by atomic mass is 10.1. The molecule has 0 saturated carbocycles. The lowest BCUT2D eigenvalue weighted by Crippen LogP contribution is -2.24. The molecule has 1 aromatic heterocycles. The van der Waals surface area contributed by atoms with Gasteiger partial charge in [0, 0.05) is 21.3 Å². The number of anilines is 1. The van der Waals surface area contributed by atoms with E-state index in [4.69, 9.17) is 9.47 Å². The molecule has 6 heteroatoms. The number of hydrogen-bond donors (Lipinski definition) is 1. The van der Waals surface area contributed by atoms with Crippen LogP contribution in [0, 0.1) is 0 Å². The molecule has 0 bridgehead atoms. The molecule has 0 saturated heterocycles. The Bertz CT molecular complexity index is 397. The van der Waals surface area contributed by atoms with Crippen LogP contribution in [0.4, 0.5) is 5.82 Å². The van der Waals surface area contributed by atoms with Crippen molar-refractivity contribution in [2.75, 3.05) is 26.6 Å². The maximum atomic E-state index is 5.39. The van der Waals surface area contributed by atoms with Gasteiger partial charge in [-0.3, -0.25) is 0 Å². The molecule has 1 N–H and O–H groups in total. The summed E-state index contributed by atoms with van der Waals surface area (Å²) in [6.45, 7) is 4.27. The summed E-state index contributed by atoms with van der Waals surface area (Å²) in [6.07, 6.45) is 0. The van der Waals surface area contributed by atoms with Gasteiger partial charge in [0.25, 0.3) is 0 Å². The Balaban J connectivity index is 3.29. The molecule has 0 unspecified atom stereocenters. The zero-order chi connectivity index (χ0) is 13.1. The Morgan fingerprint density at radius 3 is 2.41 bits per heavy atom. The van der Waals surface area contributed by atoms with Crippen molar-refractivity contribution in [1.82, 2.24) is 9.97 Å².